The van der Waals surface area contributed by atoms with Crippen LogP contribution in [0.3, 0.4) is 0 Å². The Hall–Kier alpha value is -2.20. The van der Waals surface area contributed by atoms with Crippen molar-refractivity contribution in [1.82, 2.24) is 0 Å². The third-order valence-corrected chi connectivity index (χ3v) is 4.91. The van der Waals surface area contributed by atoms with Gasteiger partial charge in [-0.05, 0) is 54.8 Å². The van der Waals surface area contributed by atoms with Crippen LogP contribution in [0.1, 0.15) is 16.7 Å². The number of aryl methyl sites for hydroxylation is 2. The Bertz CT molecular complexity index is 885. The van der Waals surface area contributed by atoms with Crippen LogP contribution in [0.2, 0.25) is 0 Å². The van der Waals surface area contributed by atoms with E-state index in [9.17, 15) is 4.79 Å². The van der Waals surface area contributed by atoms with E-state index in [2.05, 4.69) is 13.0 Å². The summed E-state index contributed by atoms with van der Waals surface area (Å²) in [5.41, 5.74) is 3.74. The average Bonchev–Trinajstić information content (AvgIpc) is 2.57. The van der Waals surface area contributed by atoms with Crippen LogP contribution < -0.4 is 10.4 Å². The van der Waals surface area contributed by atoms with E-state index < -0.39 is 0 Å². The van der Waals surface area contributed by atoms with Crippen LogP contribution in [0.4, 0.5) is 0 Å². The summed E-state index contributed by atoms with van der Waals surface area (Å²) in [5.74, 6) is 2.51. The summed E-state index contributed by atoms with van der Waals surface area (Å²) in [6.45, 7) is 4.74. The highest BCUT2D eigenvalue weighted by Gasteiger charge is 2.08. The number of rotatable bonds is 6. The second-order valence-corrected chi connectivity index (χ2v) is 6.84. The molecule has 1 aromatic heterocycles. The van der Waals surface area contributed by atoms with Gasteiger partial charge in [0.15, 0.2) is 0 Å². The molecule has 0 radical (unpaired) electrons. The molecule has 124 valence electrons. The lowest BCUT2D eigenvalue weighted by Gasteiger charge is -2.09. The zero-order chi connectivity index (χ0) is 16.9. The van der Waals surface area contributed by atoms with Crippen molar-refractivity contribution in [3.05, 3.63) is 75.6 Å². The molecule has 0 aliphatic rings. The number of hydrogen-bond donors (Lipinski definition) is 0. The number of benzene rings is 2. The number of ether oxygens (including phenoxy) is 1. The van der Waals surface area contributed by atoms with E-state index in [0.29, 0.717) is 12.2 Å². The monoisotopic (exact) mass is 340 g/mol. The molecule has 0 N–H and O–H groups in total. The fraction of sp³-hybridized carbons (Fsp3) is 0.250. The Balaban J connectivity index is 1.64. The summed E-state index contributed by atoms with van der Waals surface area (Å²) < 4.78 is 11.0. The Kier molecular flexibility index (Phi) is 5.26. The maximum atomic E-state index is 11.8. The quantitative estimate of drug-likeness (QED) is 0.481. The van der Waals surface area contributed by atoms with Gasteiger partial charge >= 0.3 is 5.63 Å². The SMILES string of the molecule is Cc1cc2oc(=O)cc(CSCCOc3ccccc3)c2cc1C. The minimum absolute atomic E-state index is 0.290. The van der Waals surface area contributed by atoms with Crippen LogP contribution in [0.15, 0.2) is 57.7 Å². The molecule has 0 amide bonds. The number of para-hydroxylation sites is 1. The van der Waals surface area contributed by atoms with E-state index in [0.717, 1.165) is 33.8 Å². The summed E-state index contributed by atoms with van der Waals surface area (Å²) in [5, 5.41) is 1.02. The molecule has 0 aliphatic carbocycles. The minimum atomic E-state index is -0.290. The van der Waals surface area contributed by atoms with Gasteiger partial charge in [0.2, 0.25) is 0 Å². The van der Waals surface area contributed by atoms with Crippen molar-refractivity contribution >= 4 is 22.7 Å². The Morgan fingerprint density at radius 3 is 2.58 bits per heavy atom. The highest BCUT2D eigenvalue weighted by Crippen LogP contribution is 2.24. The molecule has 0 spiro atoms. The predicted molar refractivity (Wildman–Crippen MR) is 100 cm³/mol. The van der Waals surface area contributed by atoms with Gasteiger partial charge in [0.25, 0.3) is 0 Å². The summed E-state index contributed by atoms with van der Waals surface area (Å²) >= 11 is 1.75. The zero-order valence-electron chi connectivity index (χ0n) is 13.9. The third kappa shape index (κ3) is 4.01. The molecule has 0 aliphatic heterocycles. The van der Waals surface area contributed by atoms with Gasteiger partial charge in [-0.25, -0.2) is 4.79 Å². The highest BCUT2D eigenvalue weighted by atomic mass is 32.2. The van der Waals surface area contributed by atoms with E-state index in [1.54, 1.807) is 17.8 Å². The maximum Gasteiger partial charge on any atom is 0.336 e. The molecule has 1 heterocycles. The molecular formula is C20H20O3S. The van der Waals surface area contributed by atoms with E-state index >= 15 is 0 Å². The van der Waals surface area contributed by atoms with Crippen molar-refractivity contribution in [2.75, 3.05) is 12.4 Å². The molecule has 3 nitrogen and oxygen atoms in total. The van der Waals surface area contributed by atoms with E-state index in [1.807, 2.05) is 43.3 Å². The number of fused-ring (bicyclic) bond motifs is 1. The standard InChI is InChI=1S/C20H20O3S/c1-14-10-18-16(12-20(21)23-19(18)11-15(14)2)13-24-9-8-22-17-6-4-3-5-7-17/h3-7,10-12H,8-9,13H2,1-2H3. The van der Waals surface area contributed by atoms with Crippen molar-refractivity contribution in [2.45, 2.75) is 19.6 Å². The maximum absolute atomic E-state index is 11.8. The van der Waals surface area contributed by atoms with Gasteiger partial charge in [0.1, 0.15) is 11.3 Å². The van der Waals surface area contributed by atoms with Gasteiger partial charge in [-0.2, -0.15) is 11.8 Å². The first-order valence-corrected chi connectivity index (χ1v) is 9.08. The fourth-order valence-corrected chi connectivity index (χ4v) is 3.32. The summed E-state index contributed by atoms with van der Waals surface area (Å²) in [4.78, 5) is 11.8. The molecular weight excluding hydrogens is 320 g/mol. The Morgan fingerprint density at radius 1 is 1.04 bits per heavy atom. The molecule has 0 bridgehead atoms. The second-order valence-electron chi connectivity index (χ2n) is 5.74. The predicted octanol–water partition coefficient (Wildman–Crippen LogP) is 4.72. The highest BCUT2D eigenvalue weighted by molar-refractivity contribution is 7.98. The Labute approximate surface area is 145 Å². The molecule has 0 fully saturated rings. The van der Waals surface area contributed by atoms with Crippen molar-refractivity contribution in [3.8, 4) is 5.75 Å². The van der Waals surface area contributed by atoms with Crippen molar-refractivity contribution in [2.24, 2.45) is 0 Å². The van der Waals surface area contributed by atoms with Crippen LogP contribution in [-0.2, 0) is 5.75 Å². The number of hydrogen-bond acceptors (Lipinski definition) is 4. The van der Waals surface area contributed by atoms with Crippen LogP contribution in [0.25, 0.3) is 11.0 Å². The smallest absolute Gasteiger partial charge is 0.336 e. The molecule has 24 heavy (non-hydrogen) atoms. The van der Waals surface area contributed by atoms with Gasteiger partial charge in [0.05, 0.1) is 6.61 Å². The normalized spacial score (nSPS) is 10.9. The molecule has 0 atom stereocenters. The van der Waals surface area contributed by atoms with Crippen molar-refractivity contribution in [1.29, 1.82) is 0 Å². The van der Waals surface area contributed by atoms with E-state index in [4.69, 9.17) is 9.15 Å². The minimum Gasteiger partial charge on any atom is -0.493 e. The molecule has 4 heteroatoms. The van der Waals surface area contributed by atoms with Gasteiger partial charge in [-0.15, -0.1) is 0 Å². The lowest BCUT2D eigenvalue weighted by Crippen LogP contribution is -2.03. The zero-order valence-corrected chi connectivity index (χ0v) is 14.7. The molecule has 2 aromatic carbocycles. The first-order chi connectivity index (χ1) is 11.6. The van der Waals surface area contributed by atoms with E-state index in [-0.39, 0.29) is 5.63 Å². The van der Waals surface area contributed by atoms with Crippen molar-refractivity contribution < 1.29 is 9.15 Å². The molecule has 0 saturated heterocycles. The number of thioether (sulfide) groups is 1. The molecule has 0 unspecified atom stereocenters. The average molecular weight is 340 g/mol. The first-order valence-electron chi connectivity index (χ1n) is 7.93. The molecule has 0 saturated carbocycles. The van der Waals surface area contributed by atoms with Crippen molar-refractivity contribution in [3.63, 3.8) is 0 Å². The summed E-state index contributed by atoms with van der Waals surface area (Å²) in [6, 6.07) is 15.4. The second kappa shape index (κ2) is 7.58. The van der Waals surface area contributed by atoms with Crippen LogP contribution >= 0.6 is 11.8 Å². The Morgan fingerprint density at radius 2 is 1.79 bits per heavy atom. The van der Waals surface area contributed by atoms with Crippen LogP contribution in [-0.4, -0.2) is 12.4 Å². The lowest BCUT2D eigenvalue weighted by molar-refractivity contribution is 0.344. The van der Waals surface area contributed by atoms with Gasteiger partial charge in [-0.1, -0.05) is 18.2 Å². The molecule has 3 rings (SSSR count). The summed E-state index contributed by atoms with van der Waals surface area (Å²) in [7, 11) is 0. The summed E-state index contributed by atoms with van der Waals surface area (Å²) in [6.07, 6.45) is 0. The topological polar surface area (TPSA) is 39.4 Å². The fourth-order valence-electron chi connectivity index (χ4n) is 2.52. The van der Waals surface area contributed by atoms with Crippen LogP contribution in [0, 0.1) is 13.8 Å². The van der Waals surface area contributed by atoms with Crippen LogP contribution in [0.5, 0.6) is 5.75 Å². The first kappa shape index (κ1) is 16.7. The van der Waals surface area contributed by atoms with E-state index in [1.165, 1.54) is 5.56 Å². The lowest BCUT2D eigenvalue weighted by atomic mass is 10.0. The van der Waals surface area contributed by atoms with Gasteiger partial charge in [-0.3, -0.25) is 0 Å². The molecule has 3 aromatic rings. The van der Waals surface area contributed by atoms with Gasteiger partial charge < -0.3 is 9.15 Å². The third-order valence-electron chi connectivity index (χ3n) is 3.94. The van der Waals surface area contributed by atoms with Gasteiger partial charge in [0, 0.05) is 23.0 Å². The largest absolute Gasteiger partial charge is 0.493 e.